The summed E-state index contributed by atoms with van der Waals surface area (Å²) in [6.07, 6.45) is 5.63. The molecule has 3 atom stereocenters. The second-order valence-electron chi connectivity index (χ2n) is 8.06. The standard InChI is InChI=1S/C20H26ClN3O2.ClH/c21-16-6-1-2-7-17(16)24-11-15(10-18(24)25)23-20(26)14-8-12-4-3-5-13(9-14)19(12)22;/h1-2,6-7,12-15,19H,3-5,8-11,22H2,(H,23,26);1H. The zero-order valence-corrected chi connectivity index (χ0v) is 16.8. The molecule has 1 heterocycles. The molecule has 2 amide bonds. The van der Waals surface area contributed by atoms with Crippen LogP contribution in [0.1, 0.15) is 38.5 Å². The molecule has 1 aromatic rings. The van der Waals surface area contributed by atoms with E-state index in [0.717, 1.165) is 25.7 Å². The summed E-state index contributed by atoms with van der Waals surface area (Å²) >= 11 is 6.22. The van der Waals surface area contributed by atoms with Gasteiger partial charge in [0, 0.05) is 24.9 Å². The van der Waals surface area contributed by atoms with Gasteiger partial charge in [-0.3, -0.25) is 9.59 Å². The third kappa shape index (κ3) is 4.10. The fourth-order valence-electron chi connectivity index (χ4n) is 5.03. The lowest BCUT2D eigenvalue weighted by Crippen LogP contribution is -2.50. The molecule has 148 valence electrons. The van der Waals surface area contributed by atoms with E-state index in [0.29, 0.717) is 35.5 Å². The normalized spacial score (nSPS) is 32.7. The molecule has 3 unspecified atom stereocenters. The van der Waals surface area contributed by atoms with Crippen LogP contribution in [-0.2, 0) is 9.59 Å². The van der Waals surface area contributed by atoms with Crippen LogP contribution in [0, 0.1) is 17.8 Å². The Bertz CT molecular complexity index is 700. The summed E-state index contributed by atoms with van der Waals surface area (Å²) < 4.78 is 0. The molecular weight excluding hydrogens is 385 g/mol. The lowest BCUT2D eigenvalue weighted by molar-refractivity contribution is -0.128. The van der Waals surface area contributed by atoms with Crippen molar-refractivity contribution >= 4 is 41.5 Å². The number of hydrogen-bond acceptors (Lipinski definition) is 3. The Balaban J connectivity index is 0.00000210. The third-order valence-corrected chi connectivity index (χ3v) is 6.72. The molecule has 5 nitrogen and oxygen atoms in total. The molecule has 2 aliphatic carbocycles. The Kier molecular flexibility index (Phi) is 6.34. The molecule has 2 bridgehead atoms. The molecule has 7 heteroatoms. The van der Waals surface area contributed by atoms with E-state index >= 15 is 0 Å². The van der Waals surface area contributed by atoms with Crippen LogP contribution in [0.2, 0.25) is 5.02 Å². The van der Waals surface area contributed by atoms with Crippen molar-refractivity contribution in [1.29, 1.82) is 0 Å². The van der Waals surface area contributed by atoms with Crippen LogP contribution in [-0.4, -0.2) is 30.4 Å². The first kappa shape index (κ1) is 20.4. The van der Waals surface area contributed by atoms with E-state index in [9.17, 15) is 9.59 Å². The van der Waals surface area contributed by atoms with Gasteiger partial charge >= 0.3 is 0 Å². The number of rotatable bonds is 3. The summed E-state index contributed by atoms with van der Waals surface area (Å²) in [6.45, 7) is 0.480. The Hall–Kier alpha value is -1.30. The van der Waals surface area contributed by atoms with Crippen LogP contribution in [0.25, 0.3) is 0 Å². The van der Waals surface area contributed by atoms with E-state index in [1.165, 1.54) is 6.42 Å². The molecule has 1 aliphatic heterocycles. The minimum absolute atomic E-state index is 0. The summed E-state index contributed by atoms with van der Waals surface area (Å²) in [5.74, 6) is 1.08. The molecule has 0 spiro atoms. The maximum Gasteiger partial charge on any atom is 0.229 e. The molecule has 3 N–H and O–H groups in total. The van der Waals surface area contributed by atoms with Gasteiger partial charge in [0.2, 0.25) is 11.8 Å². The van der Waals surface area contributed by atoms with Crippen LogP contribution >= 0.6 is 24.0 Å². The topological polar surface area (TPSA) is 75.4 Å². The SMILES string of the molecule is Cl.NC1C2CCCC1CC(C(=O)NC1CC(=O)N(c3ccccc3Cl)C1)C2. The van der Waals surface area contributed by atoms with Crippen LogP contribution in [0.3, 0.4) is 0 Å². The molecule has 4 rings (SSSR count). The summed E-state index contributed by atoms with van der Waals surface area (Å²) in [5, 5.41) is 3.67. The van der Waals surface area contributed by atoms with Crippen molar-refractivity contribution in [3.8, 4) is 0 Å². The number of anilines is 1. The fraction of sp³-hybridized carbons (Fsp3) is 0.600. The zero-order chi connectivity index (χ0) is 18.3. The molecule has 0 aromatic heterocycles. The van der Waals surface area contributed by atoms with Gasteiger partial charge in [-0.05, 0) is 49.7 Å². The van der Waals surface area contributed by atoms with Crippen molar-refractivity contribution in [2.75, 3.05) is 11.4 Å². The molecule has 1 aromatic carbocycles. The molecule has 2 saturated carbocycles. The maximum atomic E-state index is 12.8. The van der Waals surface area contributed by atoms with Crippen LogP contribution in [0.5, 0.6) is 0 Å². The average molecular weight is 412 g/mol. The highest BCUT2D eigenvalue weighted by molar-refractivity contribution is 6.33. The monoisotopic (exact) mass is 411 g/mol. The first-order valence-electron chi connectivity index (χ1n) is 9.63. The number of amides is 2. The van der Waals surface area contributed by atoms with E-state index < -0.39 is 0 Å². The molecule has 0 radical (unpaired) electrons. The highest BCUT2D eigenvalue weighted by Crippen LogP contribution is 2.42. The van der Waals surface area contributed by atoms with Gasteiger partial charge in [-0.1, -0.05) is 30.2 Å². The zero-order valence-electron chi connectivity index (χ0n) is 15.3. The van der Waals surface area contributed by atoms with Gasteiger partial charge in [0.15, 0.2) is 0 Å². The Morgan fingerprint density at radius 2 is 1.85 bits per heavy atom. The highest BCUT2D eigenvalue weighted by atomic mass is 35.5. The van der Waals surface area contributed by atoms with Gasteiger partial charge in [0.05, 0.1) is 16.8 Å². The second kappa shape index (κ2) is 8.38. The highest BCUT2D eigenvalue weighted by Gasteiger charge is 2.41. The number of benzene rings is 1. The van der Waals surface area contributed by atoms with Crippen LogP contribution < -0.4 is 16.0 Å². The number of halogens is 2. The predicted octanol–water partition coefficient (Wildman–Crippen LogP) is 3.14. The van der Waals surface area contributed by atoms with Crippen molar-refractivity contribution in [2.24, 2.45) is 23.5 Å². The van der Waals surface area contributed by atoms with Gasteiger partial charge < -0.3 is 16.0 Å². The number of nitrogens with one attached hydrogen (secondary N) is 1. The van der Waals surface area contributed by atoms with Gasteiger partial charge in [-0.15, -0.1) is 12.4 Å². The number of carbonyl (C=O) groups excluding carboxylic acids is 2. The lowest BCUT2D eigenvalue weighted by atomic mass is 9.65. The largest absolute Gasteiger partial charge is 0.351 e. The molecule has 1 saturated heterocycles. The van der Waals surface area contributed by atoms with E-state index in [2.05, 4.69) is 5.32 Å². The fourth-order valence-corrected chi connectivity index (χ4v) is 5.27. The van der Waals surface area contributed by atoms with Crippen LogP contribution in [0.15, 0.2) is 24.3 Å². The smallest absolute Gasteiger partial charge is 0.229 e. The van der Waals surface area contributed by atoms with Crippen molar-refractivity contribution in [3.05, 3.63) is 29.3 Å². The number of para-hydroxylation sites is 1. The number of nitrogens with zero attached hydrogens (tertiary/aromatic N) is 1. The van der Waals surface area contributed by atoms with Crippen molar-refractivity contribution in [1.82, 2.24) is 5.32 Å². The van der Waals surface area contributed by atoms with E-state index in [1.54, 1.807) is 11.0 Å². The number of carbonyl (C=O) groups is 2. The maximum absolute atomic E-state index is 12.8. The van der Waals surface area contributed by atoms with Crippen molar-refractivity contribution < 1.29 is 9.59 Å². The molecule has 3 aliphatic rings. The summed E-state index contributed by atoms with van der Waals surface area (Å²) in [6, 6.07) is 7.44. The van der Waals surface area contributed by atoms with E-state index in [-0.39, 0.29) is 42.2 Å². The van der Waals surface area contributed by atoms with Gasteiger partial charge in [0.1, 0.15) is 0 Å². The minimum Gasteiger partial charge on any atom is -0.351 e. The van der Waals surface area contributed by atoms with Gasteiger partial charge in [-0.25, -0.2) is 0 Å². The molecular formula is C20H27Cl2N3O2. The first-order valence-corrected chi connectivity index (χ1v) is 10.0. The van der Waals surface area contributed by atoms with E-state index in [1.807, 2.05) is 18.2 Å². The molecule has 3 fully saturated rings. The average Bonchev–Trinajstić information content (AvgIpc) is 2.95. The molecule has 27 heavy (non-hydrogen) atoms. The summed E-state index contributed by atoms with van der Waals surface area (Å²) in [5.41, 5.74) is 7.05. The van der Waals surface area contributed by atoms with Crippen molar-refractivity contribution in [2.45, 2.75) is 50.6 Å². The predicted molar refractivity (Wildman–Crippen MR) is 109 cm³/mol. The van der Waals surface area contributed by atoms with Gasteiger partial charge in [-0.2, -0.15) is 0 Å². The Morgan fingerprint density at radius 1 is 1.19 bits per heavy atom. The number of hydrogen-bond donors (Lipinski definition) is 2. The summed E-state index contributed by atoms with van der Waals surface area (Å²) in [4.78, 5) is 26.9. The minimum atomic E-state index is -0.151. The number of fused-ring (bicyclic) bond motifs is 2. The first-order chi connectivity index (χ1) is 12.5. The quantitative estimate of drug-likeness (QED) is 0.801. The van der Waals surface area contributed by atoms with Crippen molar-refractivity contribution in [3.63, 3.8) is 0 Å². The lowest BCUT2D eigenvalue weighted by Gasteiger charge is -2.43. The second-order valence-corrected chi connectivity index (χ2v) is 8.47. The summed E-state index contributed by atoms with van der Waals surface area (Å²) in [7, 11) is 0. The van der Waals surface area contributed by atoms with Crippen LogP contribution in [0.4, 0.5) is 5.69 Å². The van der Waals surface area contributed by atoms with Gasteiger partial charge in [0.25, 0.3) is 0 Å². The number of nitrogens with two attached hydrogens (primary N) is 1. The third-order valence-electron chi connectivity index (χ3n) is 6.40. The Labute approximate surface area is 171 Å². The van der Waals surface area contributed by atoms with E-state index in [4.69, 9.17) is 17.3 Å². The Morgan fingerprint density at radius 3 is 2.52 bits per heavy atom.